The highest BCUT2D eigenvalue weighted by Crippen LogP contribution is 2.28. The van der Waals surface area contributed by atoms with E-state index in [9.17, 15) is 4.39 Å². The average molecular weight is 287 g/mol. The van der Waals surface area contributed by atoms with E-state index < -0.39 is 0 Å². The molecule has 0 aliphatic carbocycles. The summed E-state index contributed by atoms with van der Waals surface area (Å²) >= 11 is 0. The molecule has 0 radical (unpaired) electrons. The highest BCUT2D eigenvalue weighted by Gasteiger charge is 2.20. The van der Waals surface area contributed by atoms with Crippen molar-refractivity contribution in [3.63, 3.8) is 0 Å². The Kier molecular flexibility index (Phi) is 3.16. The largest absolute Gasteiger partial charge is 0.369 e. The Morgan fingerprint density at radius 2 is 2.10 bits per heavy atom. The first-order valence-corrected chi connectivity index (χ1v) is 6.99. The minimum absolute atomic E-state index is 0.260. The van der Waals surface area contributed by atoms with Gasteiger partial charge in [-0.1, -0.05) is 19.4 Å². The lowest BCUT2D eigenvalue weighted by Gasteiger charge is -2.10. The summed E-state index contributed by atoms with van der Waals surface area (Å²) in [6.45, 7) is 3.83. The van der Waals surface area contributed by atoms with Crippen molar-refractivity contribution in [3.05, 3.63) is 35.3 Å². The third kappa shape index (κ3) is 1.98. The van der Waals surface area contributed by atoms with E-state index in [4.69, 9.17) is 5.73 Å². The monoisotopic (exact) mass is 287 g/mol. The van der Waals surface area contributed by atoms with Gasteiger partial charge in [-0.25, -0.2) is 14.1 Å². The summed E-state index contributed by atoms with van der Waals surface area (Å²) in [6, 6.07) is 4.95. The Hall–Kier alpha value is -2.37. The first-order valence-electron chi connectivity index (χ1n) is 6.99. The predicted octanol–water partition coefficient (Wildman–Crippen LogP) is 2.74. The van der Waals surface area contributed by atoms with E-state index in [1.165, 1.54) is 6.07 Å². The number of nitrogens with two attached hydrogens (primary N) is 1. The molecule has 21 heavy (non-hydrogen) atoms. The Labute approximate surface area is 122 Å². The lowest BCUT2D eigenvalue weighted by Crippen LogP contribution is -2.07. The summed E-state index contributed by atoms with van der Waals surface area (Å²) in [5.74, 6) is 0.0914. The van der Waals surface area contributed by atoms with E-state index in [0.717, 1.165) is 29.7 Å². The topological polar surface area (TPSA) is 61.7 Å². The van der Waals surface area contributed by atoms with Crippen molar-refractivity contribution in [2.45, 2.75) is 26.7 Å². The zero-order valence-corrected chi connectivity index (χ0v) is 12.4. The molecule has 0 unspecified atom stereocenters. The number of nitrogens with zero attached hydrogens (tertiary/aromatic N) is 4. The van der Waals surface area contributed by atoms with Gasteiger partial charge in [-0.3, -0.25) is 4.57 Å². The molecule has 0 saturated carbocycles. The number of fused-ring (bicyclic) bond motifs is 1. The number of aromatic nitrogens is 4. The van der Waals surface area contributed by atoms with Crippen LogP contribution < -0.4 is 5.73 Å². The SMILES string of the molecule is CCCc1nn(C)c2c1nc(N)n2-c1cccc(F)c1C. The molecule has 0 saturated heterocycles. The van der Waals surface area contributed by atoms with E-state index in [1.54, 1.807) is 22.2 Å². The maximum Gasteiger partial charge on any atom is 0.207 e. The molecule has 0 fully saturated rings. The molecule has 5 nitrogen and oxygen atoms in total. The van der Waals surface area contributed by atoms with Crippen molar-refractivity contribution in [2.24, 2.45) is 7.05 Å². The number of benzene rings is 1. The zero-order chi connectivity index (χ0) is 15.1. The molecule has 0 atom stereocenters. The van der Waals surface area contributed by atoms with Crippen molar-refractivity contribution in [1.29, 1.82) is 0 Å². The number of hydrogen-bond acceptors (Lipinski definition) is 3. The molecule has 6 heteroatoms. The van der Waals surface area contributed by atoms with Crippen LogP contribution in [0.2, 0.25) is 0 Å². The number of aryl methyl sites for hydroxylation is 2. The first-order chi connectivity index (χ1) is 10.0. The van der Waals surface area contributed by atoms with Gasteiger partial charge in [-0.05, 0) is 25.5 Å². The third-order valence-electron chi connectivity index (χ3n) is 3.70. The summed E-state index contributed by atoms with van der Waals surface area (Å²) in [6.07, 6.45) is 1.83. The molecule has 1 aromatic carbocycles. The maximum absolute atomic E-state index is 13.8. The van der Waals surface area contributed by atoms with E-state index in [0.29, 0.717) is 17.2 Å². The molecule has 0 spiro atoms. The number of nitrogen functional groups attached to an aromatic ring is 1. The average Bonchev–Trinajstić information content (AvgIpc) is 2.92. The van der Waals surface area contributed by atoms with E-state index in [2.05, 4.69) is 17.0 Å². The van der Waals surface area contributed by atoms with Crippen molar-refractivity contribution >= 4 is 17.1 Å². The summed E-state index contributed by atoms with van der Waals surface area (Å²) in [5.41, 5.74) is 9.82. The second kappa shape index (κ2) is 4.87. The van der Waals surface area contributed by atoms with Crippen LogP contribution in [0.3, 0.4) is 0 Å². The maximum atomic E-state index is 13.8. The fourth-order valence-electron chi connectivity index (χ4n) is 2.68. The fraction of sp³-hybridized carbons (Fsp3) is 0.333. The van der Waals surface area contributed by atoms with Gasteiger partial charge < -0.3 is 5.73 Å². The lowest BCUT2D eigenvalue weighted by molar-refractivity contribution is 0.617. The molecule has 2 N–H and O–H groups in total. The predicted molar refractivity (Wildman–Crippen MR) is 80.9 cm³/mol. The van der Waals surface area contributed by atoms with E-state index >= 15 is 0 Å². The zero-order valence-electron chi connectivity index (χ0n) is 12.4. The van der Waals surface area contributed by atoms with Crippen LogP contribution in [0, 0.1) is 12.7 Å². The van der Waals surface area contributed by atoms with Crippen LogP contribution >= 0.6 is 0 Å². The van der Waals surface area contributed by atoms with Crippen LogP contribution in [-0.2, 0) is 13.5 Å². The molecule has 2 aromatic heterocycles. The van der Waals surface area contributed by atoms with Crippen LogP contribution in [0.5, 0.6) is 0 Å². The van der Waals surface area contributed by atoms with Gasteiger partial charge >= 0.3 is 0 Å². The molecule has 0 amide bonds. The molecule has 0 aliphatic rings. The fourth-order valence-corrected chi connectivity index (χ4v) is 2.68. The number of imidazole rings is 1. The third-order valence-corrected chi connectivity index (χ3v) is 3.70. The summed E-state index contributed by atoms with van der Waals surface area (Å²) in [7, 11) is 1.85. The number of halogens is 1. The first kappa shape index (κ1) is 13.6. The van der Waals surface area contributed by atoms with Gasteiger partial charge in [0.1, 0.15) is 11.3 Å². The molecule has 3 rings (SSSR count). The molecule has 2 heterocycles. The van der Waals surface area contributed by atoms with E-state index in [-0.39, 0.29) is 5.82 Å². The molecular weight excluding hydrogens is 269 g/mol. The number of anilines is 1. The van der Waals surface area contributed by atoms with Crippen LogP contribution in [0.1, 0.15) is 24.6 Å². The van der Waals surface area contributed by atoms with Crippen LogP contribution in [-0.4, -0.2) is 19.3 Å². The number of hydrogen-bond donors (Lipinski definition) is 1. The van der Waals surface area contributed by atoms with Gasteiger partial charge in [0.05, 0.1) is 11.4 Å². The Morgan fingerprint density at radius 3 is 2.81 bits per heavy atom. The minimum Gasteiger partial charge on any atom is -0.369 e. The van der Waals surface area contributed by atoms with Crippen LogP contribution in [0.4, 0.5) is 10.3 Å². The summed E-state index contributed by atoms with van der Waals surface area (Å²) in [5, 5.41) is 4.50. The van der Waals surface area contributed by atoms with Crippen LogP contribution in [0.25, 0.3) is 16.9 Å². The van der Waals surface area contributed by atoms with E-state index in [1.807, 2.05) is 13.1 Å². The standard InChI is InChI=1S/C15H18FN5/c1-4-6-11-13-14(20(3)19-11)21(15(17)18-13)12-8-5-7-10(16)9(12)2/h5,7-8H,4,6H2,1-3H3,(H2,17,18). The molecule has 110 valence electrons. The molecule has 3 aromatic rings. The second-order valence-electron chi connectivity index (χ2n) is 5.18. The summed E-state index contributed by atoms with van der Waals surface area (Å²) < 4.78 is 17.4. The normalized spacial score (nSPS) is 11.4. The van der Waals surface area contributed by atoms with Crippen molar-refractivity contribution in [3.8, 4) is 5.69 Å². The Bertz CT molecular complexity index is 815. The highest BCUT2D eigenvalue weighted by molar-refractivity contribution is 5.80. The Morgan fingerprint density at radius 1 is 1.33 bits per heavy atom. The number of rotatable bonds is 3. The Balaban J connectivity index is 2.33. The van der Waals surface area contributed by atoms with Gasteiger partial charge in [0.2, 0.25) is 5.95 Å². The molecular formula is C15H18FN5. The lowest BCUT2D eigenvalue weighted by atomic mass is 10.2. The molecule has 0 bridgehead atoms. The van der Waals surface area contributed by atoms with Gasteiger partial charge in [0.25, 0.3) is 0 Å². The van der Waals surface area contributed by atoms with Gasteiger partial charge in [-0.15, -0.1) is 0 Å². The van der Waals surface area contributed by atoms with Crippen molar-refractivity contribution in [1.82, 2.24) is 19.3 Å². The molecule has 0 aliphatic heterocycles. The quantitative estimate of drug-likeness (QED) is 0.805. The van der Waals surface area contributed by atoms with Crippen LogP contribution in [0.15, 0.2) is 18.2 Å². The van der Waals surface area contributed by atoms with Gasteiger partial charge in [0, 0.05) is 12.6 Å². The smallest absolute Gasteiger partial charge is 0.207 e. The van der Waals surface area contributed by atoms with Gasteiger partial charge in [0.15, 0.2) is 5.65 Å². The minimum atomic E-state index is -0.260. The van der Waals surface area contributed by atoms with Crippen molar-refractivity contribution < 1.29 is 4.39 Å². The van der Waals surface area contributed by atoms with Gasteiger partial charge in [-0.2, -0.15) is 5.10 Å². The second-order valence-corrected chi connectivity index (χ2v) is 5.18. The summed E-state index contributed by atoms with van der Waals surface area (Å²) in [4.78, 5) is 4.43. The highest BCUT2D eigenvalue weighted by atomic mass is 19.1. The van der Waals surface area contributed by atoms with Crippen molar-refractivity contribution in [2.75, 3.05) is 5.73 Å².